The highest BCUT2D eigenvalue weighted by molar-refractivity contribution is 5.81. The Morgan fingerprint density at radius 1 is 1.17 bits per heavy atom. The van der Waals surface area contributed by atoms with Crippen LogP contribution in [-0.2, 0) is 21.5 Å². The number of benzene rings is 1. The van der Waals surface area contributed by atoms with E-state index in [4.69, 9.17) is 9.47 Å². The molecule has 2 aromatic heterocycles. The first-order valence-electron chi connectivity index (χ1n) is 10.2. The smallest absolute Gasteiger partial charge is 0.159 e. The molecule has 5 rings (SSSR count). The van der Waals surface area contributed by atoms with Crippen LogP contribution in [0.25, 0.3) is 16.7 Å². The van der Waals surface area contributed by atoms with Crippen molar-refractivity contribution in [1.29, 1.82) is 5.26 Å². The molecule has 8 nitrogen and oxygen atoms in total. The van der Waals surface area contributed by atoms with E-state index in [1.54, 1.807) is 14.2 Å². The molecule has 1 aromatic carbocycles. The van der Waals surface area contributed by atoms with Gasteiger partial charge in [-0.05, 0) is 30.9 Å². The lowest BCUT2D eigenvalue weighted by Crippen LogP contribution is -2.52. The lowest BCUT2D eigenvalue weighted by Gasteiger charge is -2.39. The van der Waals surface area contributed by atoms with Crippen LogP contribution in [0, 0.1) is 11.3 Å². The number of fused-ring (bicyclic) bond motifs is 1. The number of hydrogen-bond acceptors (Lipinski definition) is 7. The van der Waals surface area contributed by atoms with Crippen LogP contribution in [0.15, 0.2) is 30.5 Å². The van der Waals surface area contributed by atoms with Crippen molar-refractivity contribution in [2.45, 2.75) is 37.4 Å². The molecule has 3 heterocycles. The molecule has 154 valence electrons. The van der Waals surface area contributed by atoms with E-state index in [0.29, 0.717) is 18.2 Å². The molecule has 1 aliphatic carbocycles. The van der Waals surface area contributed by atoms with Gasteiger partial charge in [0, 0.05) is 38.8 Å². The van der Waals surface area contributed by atoms with Gasteiger partial charge in [0.1, 0.15) is 12.4 Å². The number of rotatable bonds is 6. The molecule has 3 aromatic rings. The summed E-state index contributed by atoms with van der Waals surface area (Å²) in [6, 6.07) is 10.7. The van der Waals surface area contributed by atoms with E-state index in [9.17, 15) is 5.26 Å². The van der Waals surface area contributed by atoms with Gasteiger partial charge in [0.25, 0.3) is 0 Å². The van der Waals surface area contributed by atoms with Crippen LogP contribution in [0.5, 0.6) is 0 Å². The van der Waals surface area contributed by atoms with E-state index >= 15 is 0 Å². The topological polar surface area (TPSA) is 89.1 Å². The van der Waals surface area contributed by atoms with E-state index in [1.165, 1.54) is 0 Å². The second kappa shape index (κ2) is 7.35. The zero-order valence-corrected chi connectivity index (χ0v) is 17.2. The van der Waals surface area contributed by atoms with Crippen molar-refractivity contribution in [3.05, 3.63) is 41.9 Å². The summed E-state index contributed by atoms with van der Waals surface area (Å²) in [7, 11) is 3.36. The first-order chi connectivity index (χ1) is 14.7. The number of methoxy groups -OCH3 is 2. The van der Waals surface area contributed by atoms with Crippen molar-refractivity contribution < 1.29 is 9.47 Å². The monoisotopic (exact) mass is 404 g/mol. The Hall–Kier alpha value is -3.02. The average Bonchev–Trinajstić information content (AvgIpc) is 3.10. The number of nitriles is 1. The van der Waals surface area contributed by atoms with Crippen molar-refractivity contribution >= 4 is 16.7 Å². The quantitative estimate of drug-likeness (QED) is 0.624. The van der Waals surface area contributed by atoms with Gasteiger partial charge in [-0.25, -0.2) is 14.6 Å². The molecule has 0 amide bonds. The van der Waals surface area contributed by atoms with Crippen molar-refractivity contribution in [3.63, 3.8) is 0 Å². The molecule has 8 heteroatoms. The Labute approximate surface area is 175 Å². The van der Waals surface area contributed by atoms with Crippen molar-refractivity contribution in [1.82, 2.24) is 19.7 Å². The fourth-order valence-electron chi connectivity index (χ4n) is 4.20. The summed E-state index contributed by atoms with van der Waals surface area (Å²) in [6.07, 6.45) is 4.98. The highest BCUT2D eigenvalue weighted by atomic mass is 16.5. The van der Waals surface area contributed by atoms with Crippen LogP contribution in [0.2, 0.25) is 0 Å². The Morgan fingerprint density at radius 3 is 2.63 bits per heavy atom. The van der Waals surface area contributed by atoms with E-state index in [1.807, 2.05) is 23.0 Å². The van der Waals surface area contributed by atoms with E-state index in [-0.39, 0.29) is 11.5 Å². The van der Waals surface area contributed by atoms with E-state index in [2.05, 4.69) is 38.2 Å². The fourth-order valence-corrected chi connectivity index (χ4v) is 4.20. The zero-order chi connectivity index (χ0) is 20.7. The number of anilines is 1. The average molecular weight is 404 g/mol. The van der Waals surface area contributed by atoms with E-state index in [0.717, 1.165) is 54.6 Å². The molecule has 2 fully saturated rings. The lowest BCUT2D eigenvalue weighted by atomic mass is 9.65. The number of hydrogen-bond donors (Lipinski definition) is 0. The number of aromatic nitrogens is 4. The van der Waals surface area contributed by atoms with Crippen LogP contribution in [-0.4, -0.2) is 53.2 Å². The van der Waals surface area contributed by atoms with Gasteiger partial charge in [-0.2, -0.15) is 10.4 Å². The third-order valence-electron chi connectivity index (χ3n) is 6.29. The second-order valence-corrected chi connectivity index (χ2v) is 8.07. The molecule has 0 spiro atoms. The first kappa shape index (κ1) is 19.0. The Morgan fingerprint density at radius 2 is 1.97 bits per heavy atom. The largest absolute Gasteiger partial charge is 0.378 e. The summed E-state index contributed by atoms with van der Waals surface area (Å²) in [5, 5.41) is 15.4. The minimum absolute atomic E-state index is 0.229. The first-order valence-corrected chi connectivity index (χ1v) is 10.2. The third kappa shape index (κ3) is 3.02. The third-order valence-corrected chi connectivity index (χ3v) is 6.29. The minimum atomic E-state index is -0.367. The zero-order valence-electron chi connectivity index (χ0n) is 17.2. The molecule has 0 unspecified atom stereocenters. The Balaban J connectivity index is 1.57. The standard InChI is InChI=1S/C22H24N6O2/c1-29-13-19-25-20(27-11-17(12-27)30-2)9-21(26-19)28-18-8-16(5-4-15(18)10-24-28)22(14-23)6-3-7-22/h4-5,8-10,17H,3,6-7,11-13H2,1-2H3. The fraction of sp³-hybridized carbons (Fsp3) is 0.455. The van der Waals surface area contributed by atoms with Crippen LogP contribution in [0.3, 0.4) is 0 Å². The maximum atomic E-state index is 9.74. The van der Waals surface area contributed by atoms with Gasteiger partial charge < -0.3 is 14.4 Å². The van der Waals surface area contributed by atoms with Gasteiger partial charge >= 0.3 is 0 Å². The van der Waals surface area contributed by atoms with Gasteiger partial charge in [0.05, 0.1) is 29.3 Å². The number of nitrogens with zero attached hydrogens (tertiary/aromatic N) is 6. The predicted molar refractivity (Wildman–Crippen MR) is 112 cm³/mol. The van der Waals surface area contributed by atoms with E-state index < -0.39 is 0 Å². The highest BCUT2D eigenvalue weighted by Gasteiger charge is 2.39. The summed E-state index contributed by atoms with van der Waals surface area (Å²) in [4.78, 5) is 11.5. The Bertz CT molecular complexity index is 1120. The van der Waals surface area contributed by atoms with Crippen LogP contribution in [0.4, 0.5) is 5.82 Å². The van der Waals surface area contributed by atoms with Crippen molar-refractivity contribution in [3.8, 4) is 11.9 Å². The van der Waals surface area contributed by atoms with Crippen molar-refractivity contribution in [2.75, 3.05) is 32.2 Å². The predicted octanol–water partition coefficient (Wildman–Crippen LogP) is 2.74. The Kier molecular flexibility index (Phi) is 4.65. The maximum Gasteiger partial charge on any atom is 0.159 e. The molecule has 0 bridgehead atoms. The van der Waals surface area contributed by atoms with Crippen LogP contribution in [0.1, 0.15) is 30.7 Å². The van der Waals surface area contributed by atoms with Gasteiger partial charge in [0.15, 0.2) is 11.6 Å². The van der Waals surface area contributed by atoms with Gasteiger partial charge in [0.2, 0.25) is 0 Å². The van der Waals surface area contributed by atoms with Crippen LogP contribution < -0.4 is 4.90 Å². The normalized spacial score (nSPS) is 18.1. The molecule has 0 N–H and O–H groups in total. The maximum absolute atomic E-state index is 9.74. The van der Waals surface area contributed by atoms with Gasteiger partial charge in [-0.1, -0.05) is 12.1 Å². The SMILES string of the molecule is COCc1nc(N2CC(OC)C2)cc(-n2ncc3ccc(C4(C#N)CCC4)cc32)n1. The molecule has 1 saturated heterocycles. The van der Waals surface area contributed by atoms with Crippen LogP contribution >= 0.6 is 0 Å². The molecule has 0 radical (unpaired) electrons. The minimum Gasteiger partial charge on any atom is -0.378 e. The molecule has 30 heavy (non-hydrogen) atoms. The molecule has 1 aliphatic heterocycles. The summed E-state index contributed by atoms with van der Waals surface area (Å²) in [5.41, 5.74) is 1.64. The molecular weight excluding hydrogens is 380 g/mol. The second-order valence-electron chi connectivity index (χ2n) is 8.07. The van der Waals surface area contributed by atoms with Gasteiger partial charge in [-0.15, -0.1) is 0 Å². The summed E-state index contributed by atoms with van der Waals surface area (Å²) >= 11 is 0. The summed E-state index contributed by atoms with van der Waals surface area (Å²) < 4.78 is 12.5. The van der Waals surface area contributed by atoms with Gasteiger partial charge in [-0.3, -0.25) is 0 Å². The molecule has 2 aliphatic rings. The lowest BCUT2D eigenvalue weighted by molar-refractivity contribution is 0.0782. The number of ether oxygens (including phenoxy) is 2. The summed E-state index contributed by atoms with van der Waals surface area (Å²) in [6.45, 7) is 1.92. The highest BCUT2D eigenvalue weighted by Crippen LogP contribution is 2.43. The van der Waals surface area contributed by atoms with Crippen molar-refractivity contribution in [2.24, 2.45) is 0 Å². The molecule has 1 saturated carbocycles. The molecule has 0 atom stereocenters. The molecular formula is C22H24N6O2. The summed E-state index contributed by atoms with van der Waals surface area (Å²) in [5.74, 6) is 2.14.